The van der Waals surface area contributed by atoms with Crippen molar-refractivity contribution in [3.05, 3.63) is 29.6 Å². The number of aromatic nitrogens is 1. The molecule has 0 aliphatic carbocycles. The summed E-state index contributed by atoms with van der Waals surface area (Å²) in [4.78, 5) is 4.40. The van der Waals surface area contributed by atoms with Gasteiger partial charge in [-0.1, -0.05) is 6.07 Å². The normalized spacial score (nSPS) is 23.0. The van der Waals surface area contributed by atoms with Gasteiger partial charge in [0.15, 0.2) is 0 Å². The lowest BCUT2D eigenvalue weighted by atomic mass is 10.1. The predicted octanol–water partition coefficient (Wildman–Crippen LogP) is 0.624. The van der Waals surface area contributed by atoms with Gasteiger partial charge in [0.1, 0.15) is 0 Å². The van der Waals surface area contributed by atoms with Gasteiger partial charge in [-0.3, -0.25) is 4.98 Å². The van der Waals surface area contributed by atoms with Crippen LogP contribution in [0.3, 0.4) is 0 Å². The molecule has 0 bridgehead atoms. The second-order valence-electron chi connectivity index (χ2n) is 3.42. The summed E-state index contributed by atoms with van der Waals surface area (Å²) in [5, 5.41) is 6.81. The molecule has 1 atom stereocenters. The van der Waals surface area contributed by atoms with E-state index in [1.807, 2.05) is 12.3 Å². The van der Waals surface area contributed by atoms with Crippen LogP contribution in [0.4, 0.5) is 0 Å². The maximum absolute atomic E-state index is 4.40. The lowest BCUT2D eigenvalue weighted by molar-refractivity contribution is 0.422. The number of pyridine rings is 1. The van der Waals surface area contributed by atoms with Crippen LogP contribution in [-0.4, -0.2) is 24.6 Å². The van der Waals surface area contributed by atoms with E-state index in [-0.39, 0.29) is 0 Å². The van der Waals surface area contributed by atoms with Crippen LogP contribution >= 0.6 is 0 Å². The molecule has 1 aromatic rings. The number of nitrogens with zero attached hydrogens (tertiary/aromatic N) is 1. The molecule has 0 unspecified atom stereocenters. The first-order valence-corrected chi connectivity index (χ1v) is 4.73. The molecule has 0 amide bonds. The Morgan fingerprint density at radius 2 is 2.38 bits per heavy atom. The standard InChI is InChI=1S/C10H15N3/c1-8-3-2-4-13-10(8)9-7-11-5-6-12-9/h2-4,9,11-12H,5-7H2,1H3/t9-/m1/s1. The third kappa shape index (κ3) is 1.87. The minimum atomic E-state index is 0.384. The monoisotopic (exact) mass is 177 g/mol. The molecule has 0 saturated carbocycles. The Hall–Kier alpha value is -0.930. The second-order valence-corrected chi connectivity index (χ2v) is 3.42. The van der Waals surface area contributed by atoms with E-state index in [2.05, 4.69) is 28.6 Å². The van der Waals surface area contributed by atoms with E-state index in [0.29, 0.717) is 6.04 Å². The molecule has 1 aromatic heterocycles. The van der Waals surface area contributed by atoms with Gasteiger partial charge in [0.25, 0.3) is 0 Å². The third-order valence-corrected chi connectivity index (χ3v) is 2.42. The average Bonchev–Trinajstić information content (AvgIpc) is 2.20. The molecule has 1 saturated heterocycles. The Morgan fingerprint density at radius 3 is 3.08 bits per heavy atom. The summed E-state index contributed by atoms with van der Waals surface area (Å²) in [5.41, 5.74) is 2.44. The summed E-state index contributed by atoms with van der Waals surface area (Å²) in [6.45, 7) is 5.18. The molecule has 2 rings (SSSR count). The molecule has 0 radical (unpaired) electrons. The largest absolute Gasteiger partial charge is 0.314 e. The fraction of sp³-hybridized carbons (Fsp3) is 0.500. The quantitative estimate of drug-likeness (QED) is 0.660. The van der Waals surface area contributed by atoms with Gasteiger partial charge in [-0.2, -0.15) is 0 Å². The van der Waals surface area contributed by atoms with Crippen LogP contribution in [0.15, 0.2) is 18.3 Å². The summed E-state index contributed by atoms with van der Waals surface area (Å²) in [7, 11) is 0. The van der Waals surface area contributed by atoms with Crippen molar-refractivity contribution in [1.29, 1.82) is 0 Å². The van der Waals surface area contributed by atoms with Crippen molar-refractivity contribution < 1.29 is 0 Å². The first kappa shape index (κ1) is 8.66. The number of piperazine rings is 1. The van der Waals surface area contributed by atoms with Crippen molar-refractivity contribution in [2.75, 3.05) is 19.6 Å². The van der Waals surface area contributed by atoms with E-state index in [4.69, 9.17) is 0 Å². The summed E-state index contributed by atoms with van der Waals surface area (Å²) >= 11 is 0. The maximum Gasteiger partial charge on any atom is 0.0624 e. The number of nitrogens with one attached hydrogen (secondary N) is 2. The second kappa shape index (κ2) is 3.85. The highest BCUT2D eigenvalue weighted by molar-refractivity contribution is 5.21. The number of hydrogen-bond acceptors (Lipinski definition) is 3. The molecule has 3 heteroatoms. The zero-order chi connectivity index (χ0) is 9.10. The maximum atomic E-state index is 4.40. The van der Waals surface area contributed by atoms with Crippen molar-refractivity contribution >= 4 is 0 Å². The lowest BCUT2D eigenvalue weighted by Crippen LogP contribution is -2.43. The van der Waals surface area contributed by atoms with Gasteiger partial charge >= 0.3 is 0 Å². The number of rotatable bonds is 1. The Bertz CT molecular complexity index is 279. The fourth-order valence-corrected chi connectivity index (χ4v) is 1.71. The van der Waals surface area contributed by atoms with Gasteiger partial charge in [-0.15, -0.1) is 0 Å². The SMILES string of the molecule is Cc1cccnc1[C@H]1CNCCN1. The molecule has 1 aliphatic heterocycles. The van der Waals surface area contributed by atoms with E-state index in [1.54, 1.807) is 0 Å². The molecule has 3 nitrogen and oxygen atoms in total. The molecular formula is C10H15N3. The summed E-state index contributed by atoms with van der Waals surface area (Å²) < 4.78 is 0. The van der Waals surface area contributed by atoms with Crippen LogP contribution in [0.5, 0.6) is 0 Å². The van der Waals surface area contributed by atoms with Gasteiger partial charge in [0, 0.05) is 25.8 Å². The molecule has 2 heterocycles. The van der Waals surface area contributed by atoms with Gasteiger partial charge in [0.2, 0.25) is 0 Å². The zero-order valence-corrected chi connectivity index (χ0v) is 7.88. The summed E-state index contributed by atoms with van der Waals surface area (Å²) in [6.07, 6.45) is 1.86. The van der Waals surface area contributed by atoms with Crippen LogP contribution in [0, 0.1) is 6.92 Å². The van der Waals surface area contributed by atoms with Gasteiger partial charge in [0.05, 0.1) is 11.7 Å². The minimum absolute atomic E-state index is 0.384. The van der Waals surface area contributed by atoms with Crippen LogP contribution in [0.2, 0.25) is 0 Å². The number of hydrogen-bond donors (Lipinski definition) is 2. The van der Waals surface area contributed by atoms with Crippen molar-refractivity contribution in [2.24, 2.45) is 0 Å². The molecule has 0 spiro atoms. The topological polar surface area (TPSA) is 37.0 Å². The molecule has 13 heavy (non-hydrogen) atoms. The molecular weight excluding hydrogens is 162 g/mol. The van der Waals surface area contributed by atoms with Crippen LogP contribution in [-0.2, 0) is 0 Å². The molecule has 70 valence electrons. The van der Waals surface area contributed by atoms with Crippen molar-refractivity contribution in [3.8, 4) is 0 Å². The van der Waals surface area contributed by atoms with E-state index >= 15 is 0 Å². The van der Waals surface area contributed by atoms with Crippen molar-refractivity contribution in [2.45, 2.75) is 13.0 Å². The third-order valence-electron chi connectivity index (χ3n) is 2.42. The lowest BCUT2D eigenvalue weighted by Gasteiger charge is -2.24. The molecule has 1 fully saturated rings. The van der Waals surface area contributed by atoms with Gasteiger partial charge < -0.3 is 10.6 Å². The van der Waals surface area contributed by atoms with E-state index in [0.717, 1.165) is 19.6 Å². The fourth-order valence-electron chi connectivity index (χ4n) is 1.71. The van der Waals surface area contributed by atoms with E-state index < -0.39 is 0 Å². The Balaban J connectivity index is 2.18. The van der Waals surface area contributed by atoms with Crippen LogP contribution < -0.4 is 10.6 Å². The highest BCUT2D eigenvalue weighted by Gasteiger charge is 2.16. The smallest absolute Gasteiger partial charge is 0.0624 e. The average molecular weight is 177 g/mol. The predicted molar refractivity (Wildman–Crippen MR) is 52.6 cm³/mol. The van der Waals surface area contributed by atoms with Crippen LogP contribution in [0.25, 0.3) is 0 Å². The van der Waals surface area contributed by atoms with E-state index in [1.165, 1.54) is 11.3 Å². The minimum Gasteiger partial charge on any atom is -0.314 e. The highest BCUT2D eigenvalue weighted by Crippen LogP contribution is 2.14. The zero-order valence-electron chi connectivity index (χ0n) is 7.88. The van der Waals surface area contributed by atoms with Crippen LogP contribution in [0.1, 0.15) is 17.3 Å². The first-order valence-electron chi connectivity index (χ1n) is 4.73. The molecule has 2 N–H and O–H groups in total. The number of aryl methyl sites for hydroxylation is 1. The highest BCUT2D eigenvalue weighted by atomic mass is 15.1. The first-order chi connectivity index (χ1) is 6.38. The Kier molecular flexibility index (Phi) is 2.57. The van der Waals surface area contributed by atoms with Gasteiger partial charge in [-0.05, 0) is 18.6 Å². The van der Waals surface area contributed by atoms with E-state index in [9.17, 15) is 0 Å². The molecule has 0 aromatic carbocycles. The Labute approximate surface area is 78.6 Å². The summed E-state index contributed by atoms with van der Waals surface area (Å²) in [5.74, 6) is 0. The molecule has 1 aliphatic rings. The Morgan fingerprint density at radius 1 is 1.46 bits per heavy atom. The van der Waals surface area contributed by atoms with Crippen molar-refractivity contribution in [1.82, 2.24) is 15.6 Å². The van der Waals surface area contributed by atoms with Gasteiger partial charge in [-0.25, -0.2) is 0 Å². The summed E-state index contributed by atoms with van der Waals surface area (Å²) in [6, 6.07) is 4.48. The van der Waals surface area contributed by atoms with Crippen molar-refractivity contribution in [3.63, 3.8) is 0 Å².